The average molecular weight is 397 g/mol. The molecule has 9 heteroatoms. The number of piperidine rings is 1. The van der Waals surface area contributed by atoms with Crippen molar-refractivity contribution in [3.63, 3.8) is 0 Å². The van der Waals surface area contributed by atoms with Crippen molar-refractivity contribution in [3.05, 3.63) is 29.1 Å². The molecule has 2 amide bonds. The number of carbonyl (C=O) groups is 2. The highest BCUT2D eigenvalue weighted by molar-refractivity contribution is 5.92. The van der Waals surface area contributed by atoms with Gasteiger partial charge in [-0.1, -0.05) is 0 Å². The Morgan fingerprint density at radius 2 is 1.90 bits per heavy atom. The number of fused-ring (bicyclic) bond motifs is 1. The van der Waals surface area contributed by atoms with Crippen molar-refractivity contribution >= 4 is 11.8 Å². The summed E-state index contributed by atoms with van der Waals surface area (Å²) in [6, 6.07) is 1.84. The van der Waals surface area contributed by atoms with Gasteiger partial charge in [0.15, 0.2) is 5.82 Å². The summed E-state index contributed by atoms with van der Waals surface area (Å²) in [4.78, 5) is 29.2. The van der Waals surface area contributed by atoms with Crippen LogP contribution in [-0.4, -0.2) is 65.8 Å². The van der Waals surface area contributed by atoms with E-state index in [-0.39, 0.29) is 23.7 Å². The summed E-state index contributed by atoms with van der Waals surface area (Å²) in [7, 11) is 1.81. The number of hydrogen-bond donors (Lipinski definition) is 0. The Morgan fingerprint density at radius 3 is 2.62 bits per heavy atom. The molecular formula is C20H27N7O2. The van der Waals surface area contributed by atoms with Crippen molar-refractivity contribution in [1.29, 1.82) is 0 Å². The summed E-state index contributed by atoms with van der Waals surface area (Å²) in [5.74, 6) is 2.52. The second-order valence-corrected chi connectivity index (χ2v) is 8.55. The molecule has 1 unspecified atom stereocenters. The van der Waals surface area contributed by atoms with Gasteiger partial charge < -0.3 is 14.4 Å². The highest BCUT2D eigenvalue weighted by Crippen LogP contribution is 2.33. The lowest BCUT2D eigenvalue weighted by Gasteiger charge is -2.33. The van der Waals surface area contributed by atoms with E-state index in [1.165, 1.54) is 0 Å². The lowest BCUT2D eigenvalue weighted by Crippen LogP contribution is -2.42. The van der Waals surface area contributed by atoms with E-state index in [9.17, 15) is 9.59 Å². The molecule has 0 radical (unpaired) electrons. The van der Waals surface area contributed by atoms with Crippen LogP contribution in [0.2, 0.25) is 0 Å². The first-order valence-corrected chi connectivity index (χ1v) is 10.5. The molecule has 0 spiro atoms. The van der Waals surface area contributed by atoms with Crippen molar-refractivity contribution in [1.82, 2.24) is 34.3 Å². The Morgan fingerprint density at radius 1 is 1.07 bits per heavy atom. The monoisotopic (exact) mass is 397 g/mol. The molecule has 2 aromatic heterocycles. The summed E-state index contributed by atoms with van der Waals surface area (Å²) in [6.07, 6.45) is 3.99. The van der Waals surface area contributed by atoms with Gasteiger partial charge in [0, 0.05) is 45.1 Å². The lowest BCUT2D eigenvalue weighted by molar-refractivity contribution is -0.134. The van der Waals surface area contributed by atoms with Gasteiger partial charge in [-0.15, -0.1) is 10.2 Å². The number of aryl methyl sites for hydroxylation is 2. The molecule has 0 aromatic carbocycles. The Labute approximate surface area is 169 Å². The van der Waals surface area contributed by atoms with Crippen molar-refractivity contribution in [2.75, 3.05) is 19.6 Å². The molecular weight excluding hydrogens is 370 g/mol. The van der Waals surface area contributed by atoms with Crippen molar-refractivity contribution in [2.24, 2.45) is 13.0 Å². The van der Waals surface area contributed by atoms with Gasteiger partial charge >= 0.3 is 0 Å². The first kappa shape index (κ1) is 18.3. The number of nitrogens with zero attached hydrogens (tertiary/aromatic N) is 7. The van der Waals surface area contributed by atoms with E-state index in [0.29, 0.717) is 18.8 Å². The first-order chi connectivity index (χ1) is 14.0. The van der Waals surface area contributed by atoms with E-state index in [1.54, 1.807) is 4.68 Å². The van der Waals surface area contributed by atoms with E-state index in [0.717, 1.165) is 62.7 Å². The van der Waals surface area contributed by atoms with Crippen molar-refractivity contribution in [3.8, 4) is 0 Å². The number of likely N-dealkylation sites (tertiary alicyclic amines) is 1. The van der Waals surface area contributed by atoms with Crippen LogP contribution >= 0.6 is 0 Å². The van der Waals surface area contributed by atoms with Gasteiger partial charge in [-0.25, -0.2) is 0 Å². The van der Waals surface area contributed by atoms with Crippen molar-refractivity contribution < 1.29 is 9.59 Å². The fourth-order valence-electron chi connectivity index (χ4n) is 4.60. The quantitative estimate of drug-likeness (QED) is 0.774. The maximum Gasteiger partial charge on any atom is 0.272 e. The Hall–Kier alpha value is -2.71. The minimum Gasteiger partial charge on any atom is -0.337 e. The fraction of sp³-hybridized carbons (Fsp3) is 0.650. The standard InChI is InChI=1S/C20H27N7O2/c1-13-10-16(24(2)23-13)20(29)25-7-3-4-15(11-25)18-22-21-17-12-26(8-9-27(17)18)19(28)14-5-6-14/h10,14-15H,3-9,11-12H2,1-2H3. The van der Waals surface area contributed by atoms with Crippen LogP contribution in [0.25, 0.3) is 0 Å². The number of carbonyl (C=O) groups excluding carboxylic acids is 2. The molecule has 0 N–H and O–H groups in total. The van der Waals surface area contributed by atoms with Gasteiger partial charge in [0.1, 0.15) is 11.5 Å². The van der Waals surface area contributed by atoms with Crippen LogP contribution in [0.1, 0.15) is 59.4 Å². The SMILES string of the molecule is Cc1cc(C(=O)N2CCCC(c3nnc4n3CCN(C(=O)C3CC3)C4)C2)n(C)n1. The summed E-state index contributed by atoms with van der Waals surface area (Å²) < 4.78 is 3.83. The summed E-state index contributed by atoms with van der Waals surface area (Å²) in [5.41, 5.74) is 1.47. The summed E-state index contributed by atoms with van der Waals surface area (Å²) in [5, 5.41) is 13.2. The molecule has 3 aliphatic rings. The van der Waals surface area contributed by atoms with E-state index < -0.39 is 0 Å². The zero-order chi connectivity index (χ0) is 20.1. The van der Waals surface area contributed by atoms with E-state index >= 15 is 0 Å². The Bertz CT molecular complexity index is 958. The number of aromatic nitrogens is 5. The molecule has 2 aromatic rings. The Balaban J connectivity index is 1.31. The smallest absolute Gasteiger partial charge is 0.272 e. The highest BCUT2D eigenvalue weighted by Gasteiger charge is 2.37. The van der Waals surface area contributed by atoms with Crippen molar-refractivity contribution in [2.45, 2.75) is 51.6 Å². The van der Waals surface area contributed by atoms with Crippen LogP contribution < -0.4 is 0 Å². The molecule has 1 saturated carbocycles. The van der Waals surface area contributed by atoms with E-state index in [1.807, 2.05) is 29.8 Å². The third-order valence-corrected chi connectivity index (χ3v) is 6.31. The van der Waals surface area contributed by atoms with Crippen LogP contribution in [-0.2, 0) is 24.9 Å². The van der Waals surface area contributed by atoms with Gasteiger partial charge in [0.05, 0.1) is 12.2 Å². The maximum absolute atomic E-state index is 13.0. The minimum absolute atomic E-state index is 0.0254. The maximum atomic E-state index is 13.0. The molecule has 5 rings (SSSR count). The largest absolute Gasteiger partial charge is 0.337 e. The molecule has 2 fully saturated rings. The first-order valence-electron chi connectivity index (χ1n) is 10.5. The molecule has 154 valence electrons. The van der Waals surface area contributed by atoms with Gasteiger partial charge in [-0.3, -0.25) is 14.3 Å². The molecule has 1 atom stereocenters. The molecule has 4 heterocycles. The highest BCUT2D eigenvalue weighted by atomic mass is 16.2. The molecule has 1 saturated heterocycles. The predicted molar refractivity (Wildman–Crippen MR) is 104 cm³/mol. The van der Waals surface area contributed by atoms with Crippen LogP contribution in [0.15, 0.2) is 6.07 Å². The zero-order valence-corrected chi connectivity index (χ0v) is 17.0. The summed E-state index contributed by atoms with van der Waals surface area (Å²) >= 11 is 0. The second kappa shape index (κ2) is 6.96. The van der Waals surface area contributed by atoms with Crippen LogP contribution in [0.5, 0.6) is 0 Å². The topological polar surface area (TPSA) is 89.2 Å². The fourth-order valence-corrected chi connectivity index (χ4v) is 4.60. The van der Waals surface area contributed by atoms with Crippen LogP contribution in [0, 0.1) is 12.8 Å². The molecule has 29 heavy (non-hydrogen) atoms. The molecule has 0 bridgehead atoms. The number of amides is 2. The van der Waals surface area contributed by atoms with Gasteiger partial charge in [-0.05, 0) is 38.7 Å². The van der Waals surface area contributed by atoms with Crippen LogP contribution in [0.3, 0.4) is 0 Å². The third kappa shape index (κ3) is 3.32. The second-order valence-electron chi connectivity index (χ2n) is 8.55. The minimum atomic E-state index is 0.0254. The normalized spacial score (nSPS) is 21.9. The Kier molecular flexibility index (Phi) is 4.40. The average Bonchev–Trinajstić information content (AvgIpc) is 3.40. The van der Waals surface area contributed by atoms with Gasteiger partial charge in [0.25, 0.3) is 5.91 Å². The van der Waals surface area contributed by atoms with E-state index in [4.69, 9.17) is 0 Å². The van der Waals surface area contributed by atoms with Gasteiger partial charge in [-0.2, -0.15) is 5.10 Å². The molecule has 2 aliphatic heterocycles. The van der Waals surface area contributed by atoms with E-state index in [2.05, 4.69) is 19.9 Å². The zero-order valence-electron chi connectivity index (χ0n) is 17.0. The summed E-state index contributed by atoms with van der Waals surface area (Å²) in [6.45, 7) is 5.30. The molecule has 1 aliphatic carbocycles. The lowest BCUT2D eigenvalue weighted by atomic mass is 9.96. The number of hydrogen-bond acceptors (Lipinski definition) is 5. The van der Waals surface area contributed by atoms with Gasteiger partial charge in [0.2, 0.25) is 5.91 Å². The number of rotatable bonds is 3. The predicted octanol–water partition coefficient (Wildman–Crippen LogP) is 1.09. The molecule has 9 nitrogen and oxygen atoms in total. The third-order valence-electron chi connectivity index (χ3n) is 6.31. The van der Waals surface area contributed by atoms with Crippen LogP contribution in [0.4, 0.5) is 0 Å².